The summed E-state index contributed by atoms with van der Waals surface area (Å²) in [6, 6.07) is 2.46. The van der Waals surface area contributed by atoms with Gasteiger partial charge >= 0.3 is 5.97 Å². The van der Waals surface area contributed by atoms with Crippen molar-refractivity contribution in [3.05, 3.63) is 45.5 Å². The second-order valence-corrected chi connectivity index (χ2v) is 3.67. The quantitative estimate of drug-likeness (QED) is 0.766. The summed E-state index contributed by atoms with van der Waals surface area (Å²) in [7, 11) is 1.20. The number of aromatic nitrogens is 1. The molecule has 0 unspecified atom stereocenters. The van der Waals surface area contributed by atoms with Gasteiger partial charge in [-0.25, -0.2) is 9.18 Å². The van der Waals surface area contributed by atoms with Gasteiger partial charge in [-0.2, -0.15) is 0 Å². The van der Waals surface area contributed by atoms with Gasteiger partial charge in [-0.15, -0.1) is 0 Å². The lowest BCUT2D eigenvalue weighted by Crippen LogP contribution is -2.17. The summed E-state index contributed by atoms with van der Waals surface area (Å²) in [6.45, 7) is 1.61. The zero-order valence-electron chi connectivity index (χ0n) is 9.33. The van der Waals surface area contributed by atoms with E-state index >= 15 is 0 Å². The van der Waals surface area contributed by atoms with E-state index in [2.05, 4.69) is 9.72 Å². The molecule has 88 valence electrons. The monoisotopic (exact) mass is 235 g/mol. The molecule has 0 saturated heterocycles. The number of ether oxygens (including phenoxy) is 1. The third kappa shape index (κ3) is 1.80. The molecule has 0 bridgehead atoms. The molecule has 5 heteroatoms. The number of aromatic amines is 1. The Kier molecular flexibility index (Phi) is 2.67. The minimum absolute atomic E-state index is 0.0882. The van der Waals surface area contributed by atoms with Crippen molar-refractivity contribution in [1.29, 1.82) is 0 Å². The summed E-state index contributed by atoms with van der Waals surface area (Å²) < 4.78 is 17.6. The van der Waals surface area contributed by atoms with Gasteiger partial charge in [-0.3, -0.25) is 4.79 Å². The first-order valence-corrected chi connectivity index (χ1v) is 4.94. The van der Waals surface area contributed by atoms with E-state index in [1.165, 1.54) is 25.4 Å². The Bertz CT molecular complexity index is 661. The zero-order chi connectivity index (χ0) is 12.6. The molecule has 2 aromatic rings. The van der Waals surface area contributed by atoms with E-state index in [0.717, 1.165) is 0 Å². The van der Waals surface area contributed by atoms with Crippen molar-refractivity contribution in [2.24, 2.45) is 0 Å². The minimum atomic E-state index is -0.711. The van der Waals surface area contributed by atoms with E-state index in [-0.39, 0.29) is 5.56 Å². The van der Waals surface area contributed by atoms with Crippen LogP contribution < -0.4 is 5.43 Å². The highest BCUT2D eigenvalue weighted by Crippen LogP contribution is 2.15. The van der Waals surface area contributed by atoms with Crippen LogP contribution >= 0.6 is 0 Å². The van der Waals surface area contributed by atoms with Crippen molar-refractivity contribution < 1.29 is 13.9 Å². The number of methoxy groups -OCH3 is 1. The van der Waals surface area contributed by atoms with Gasteiger partial charge in [0.05, 0.1) is 12.6 Å². The van der Waals surface area contributed by atoms with Crippen LogP contribution in [0.4, 0.5) is 4.39 Å². The summed E-state index contributed by atoms with van der Waals surface area (Å²) in [4.78, 5) is 26.1. The normalized spacial score (nSPS) is 10.5. The highest BCUT2D eigenvalue weighted by atomic mass is 19.1. The fourth-order valence-electron chi connectivity index (χ4n) is 1.77. The van der Waals surface area contributed by atoms with Crippen molar-refractivity contribution in [1.82, 2.24) is 4.98 Å². The average molecular weight is 235 g/mol. The van der Waals surface area contributed by atoms with Crippen LogP contribution in [0, 0.1) is 12.7 Å². The molecule has 17 heavy (non-hydrogen) atoms. The van der Waals surface area contributed by atoms with Crippen molar-refractivity contribution in [2.45, 2.75) is 6.92 Å². The molecule has 1 heterocycles. The summed E-state index contributed by atoms with van der Waals surface area (Å²) in [5.41, 5.74) is 0.296. The molecule has 1 N–H and O–H groups in total. The fourth-order valence-corrected chi connectivity index (χ4v) is 1.77. The molecule has 0 fully saturated rings. The first-order chi connectivity index (χ1) is 8.04. The number of halogens is 1. The van der Waals surface area contributed by atoms with Gasteiger partial charge in [0.1, 0.15) is 11.4 Å². The van der Waals surface area contributed by atoms with Crippen molar-refractivity contribution >= 4 is 16.9 Å². The first kappa shape index (κ1) is 11.3. The topological polar surface area (TPSA) is 59.2 Å². The Balaban J connectivity index is 2.85. The molecule has 0 amide bonds. The second-order valence-electron chi connectivity index (χ2n) is 3.67. The second kappa shape index (κ2) is 4.01. The molecule has 0 aliphatic carbocycles. The van der Waals surface area contributed by atoms with Crippen molar-refractivity contribution in [3.63, 3.8) is 0 Å². The van der Waals surface area contributed by atoms with Gasteiger partial charge < -0.3 is 9.72 Å². The third-order valence-corrected chi connectivity index (χ3v) is 2.55. The maximum Gasteiger partial charge on any atom is 0.343 e. The summed E-state index contributed by atoms with van der Waals surface area (Å²) in [5, 5.41) is 0.300. The molecule has 4 nitrogen and oxygen atoms in total. The SMILES string of the molecule is COC(=O)c1c[nH]c2cc(F)cc(C)c2c1=O. The molecule has 1 aromatic carbocycles. The lowest BCUT2D eigenvalue weighted by Gasteiger charge is -2.04. The van der Waals surface area contributed by atoms with Gasteiger partial charge in [-0.1, -0.05) is 0 Å². The molecule has 1 aromatic heterocycles. The number of hydrogen-bond acceptors (Lipinski definition) is 3. The minimum Gasteiger partial charge on any atom is -0.465 e. The molecule has 0 aliphatic rings. The molecule has 0 radical (unpaired) electrons. The van der Waals surface area contributed by atoms with E-state index in [4.69, 9.17) is 0 Å². The highest BCUT2D eigenvalue weighted by Gasteiger charge is 2.14. The number of nitrogens with one attached hydrogen (secondary N) is 1. The number of carbonyl (C=O) groups excluding carboxylic acids is 1. The van der Waals surface area contributed by atoms with Crippen LogP contribution in [-0.2, 0) is 4.74 Å². The van der Waals surface area contributed by atoms with Crippen LogP contribution in [0.2, 0.25) is 0 Å². The van der Waals surface area contributed by atoms with Crippen LogP contribution in [0.5, 0.6) is 0 Å². The lowest BCUT2D eigenvalue weighted by atomic mass is 10.1. The average Bonchev–Trinajstić information content (AvgIpc) is 2.27. The number of benzene rings is 1. The van der Waals surface area contributed by atoms with Crippen LogP contribution in [0.3, 0.4) is 0 Å². The van der Waals surface area contributed by atoms with Crippen LogP contribution in [0.1, 0.15) is 15.9 Å². The van der Waals surface area contributed by atoms with E-state index in [0.29, 0.717) is 16.5 Å². The zero-order valence-corrected chi connectivity index (χ0v) is 9.33. The van der Waals surface area contributed by atoms with Gasteiger partial charge in [0.25, 0.3) is 0 Å². The van der Waals surface area contributed by atoms with E-state index in [1.807, 2.05) is 0 Å². The number of esters is 1. The van der Waals surface area contributed by atoms with Crippen LogP contribution in [0.15, 0.2) is 23.1 Å². The summed E-state index contributed by atoms with van der Waals surface area (Å²) in [5.74, 6) is -1.15. The summed E-state index contributed by atoms with van der Waals surface area (Å²) in [6.07, 6.45) is 1.23. The molecular formula is C12H10FNO3. The Labute approximate surface area is 96.0 Å². The highest BCUT2D eigenvalue weighted by molar-refractivity contribution is 5.94. The maximum atomic E-state index is 13.1. The molecule has 0 saturated carbocycles. The summed E-state index contributed by atoms with van der Waals surface area (Å²) >= 11 is 0. The van der Waals surface area contributed by atoms with Crippen molar-refractivity contribution in [2.75, 3.05) is 7.11 Å². The standard InChI is InChI=1S/C12H10FNO3/c1-6-3-7(13)4-9-10(6)11(15)8(5-14-9)12(16)17-2/h3-5H,1-2H3,(H,14,15). The molecule has 0 aliphatic heterocycles. The van der Waals surface area contributed by atoms with Crippen molar-refractivity contribution in [3.8, 4) is 0 Å². The maximum absolute atomic E-state index is 13.1. The lowest BCUT2D eigenvalue weighted by molar-refractivity contribution is 0.0599. The van der Waals surface area contributed by atoms with E-state index in [9.17, 15) is 14.0 Å². The van der Waals surface area contributed by atoms with Crippen LogP contribution in [-0.4, -0.2) is 18.1 Å². The Hall–Kier alpha value is -2.17. The van der Waals surface area contributed by atoms with Gasteiger partial charge in [0.2, 0.25) is 5.43 Å². The number of hydrogen-bond donors (Lipinski definition) is 1. The third-order valence-electron chi connectivity index (χ3n) is 2.55. The molecule has 0 spiro atoms. The van der Waals surface area contributed by atoms with E-state index in [1.54, 1.807) is 6.92 Å². The number of fused-ring (bicyclic) bond motifs is 1. The van der Waals surface area contributed by atoms with Gasteiger partial charge in [-0.05, 0) is 24.6 Å². The molecule has 0 atom stereocenters. The number of H-pyrrole nitrogens is 1. The molecule has 2 rings (SSSR count). The Morgan fingerprint density at radius 2 is 2.12 bits per heavy atom. The Morgan fingerprint density at radius 3 is 2.76 bits per heavy atom. The number of rotatable bonds is 1. The molecular weight excluding hydrogens is 225 g/mol. The Morgan fingerprint density at radius 1 is 1.41 bits per heavy atom. The predicted octanol–water partition coefficient (Wildman–Crippen LogP) is 1.76. The largest absolute Gasteiger partial charge is 0.465 e. The number of carbonyl (C=O) groups is 1. The fraction of sp³-hybridized carbons (Fsp3) is 0.167. The van der Waals surface area contributed by atoms with Gasteiger partial charge in [0, 0.05) is 11.6 Å². The first-order valence-electron chi connectivity index (χ1n) is 4.94. The van der Waals surface area contributed by atoms with Gasteiger partial charge in [0.15, 0.2) is 0 Å². The predicted molar refractivity (Wildman–Crippen MR) is 60.6 cm³/mol. The van der Waals surface area contributed by atoms with E-state index < -0.39 is 17.2 Å². The number of aryl methyl sites for hydroxylation is 1. The number of pyridine rings is 1. The van der Waals surface area contributed by atoms with Crippen LogP contribution in [0.25, 0.3) is 10.9 Å². The smallest absolute Gasteiger partial charge is 0.343 e.